The van der Waals surface area contributed by atoms with Gasteiger partial charge < -0.3 is 54.1 Å². The number of nitrogens with two attached hydrogens (primary N) is 1. The van der Waals surface area contributed by atoms with Gasteiger partial charge in [-0.3, -0.25) is 9.32 Å². The smallest absolute Gasteiger partial charge is 0.490 e. The molecule has 1 amide bonds. The third kappa shape index (κ3) is 11.9. The molecule has 5 atom stereocenters. The number of ether oxygens (including phenoxy) is 2. The average molecular weight is 1040 g/mol. The Morgan fingerprint density at radius 2 is 1.87 bits per heavy atom. The SMILES string of the molecule is CC[N+]1=c2cc3c(cc2CCC1)=Nc1cc2c(cc1O3)N(CCCC(=O)NCC#Cc1cn([C@H]3CC[C@@H](COP(=O)(O)OP(=O)(O)OP(=O)(O)O)O3)c3ncnc(N)c13)C(C)(C)CC2CS(=O)(=O)[O-]. The van der Waals surface area contributed by atoms with E-state index >= 15 is 0 Å². The maximum Gasteiger partial charge on any atom is 0.490 e. The van der Waals surface area contributed by atoms with Crippen molar-refractivity contribution >= 4 is 67.7 Å². The number of benzene rings is 2. The number of hydrogen-bond donors (Lipinski definition) is 6. The molecule has 3 unspecified atom stereocenters. The zero-order valence-electron chi connectivity index (χ0n) is 37.6. The summed E-state index contributed by atoms with van der Waals surface area (Å²) >= 11 is 0. The summed E-state index contributed by atoms with van der Waals surface area (Å²) in [5.74, 6) is 5.75. The molecular weight excluding hydrogens is 985 g/mol. The van der Waals surface area contributed by atoms with Gasteiger partial charge in [0.2, 0.25) is 11.3 Å². The van der Waals surface area contributed by atoms with Gasteiger partial charge in [0, 0.05) is 60.1 Å². The molecule has 8 rings (SSSR count). The molecule has 4 aliphatic heterocycles. The Morgan fingerprint density at radius 1 is 1.09 bits per heavy atom. The lowest BCUT2D eigenvalue weighted by Crippen LogP contribution is -2.50. The second-order valence-electron chi connectivity index (χ2n) is 17.6. The molecule has 6 heterocycles. The number of phosphoric ester groups is 1. The lowest BCUT2D eigenvalue weighted by atomic mass is 9.79. The highest BCUT2D eigenvalue weighted by molar-refractivity contribution is 7.85. The fourth-order valence-electron chi connectivity index (χ4n) is 9.38. The Hall–Kier alpha value is -4.63. The van der Waals surface area contributed by atoms with Crippen LogP contribution < -0.4 is 36.0 Å². The number of hydrogen-bond acceptors (Lipinski definition) is 17. The summed E-state index contributed by atoms with van der Waals surface area (Å²) < 4.78 is 100. The maximum atomic E-state index is 13.2. The van der Waals surface area contributed by atoms with Crippen LogP contribution in [0.15, 0.2) is 41.8 Å². The second kappa shape index (κ2) is 19.5. The highest BCUT2D eigenvalue weighted by atomic mass is 32.2. The zero-order valence-corrected chi connectivity index (χ0v) is 41.1. The summed E-state index contributed by atoms with van der Waals surface area (Å²) in [6, 6.07) is 7.77. The number of carbonyl (C=O) groups excluding carboxylic acids is 1. The van der Waals surface area contributed by atoms with Crippen molar-refractivity contribution < 1.29 is 73.7 Å². The van der Waals surface area contributed by atoms with Gasteiger partial charge >= 0.3 is 23.5 Å². The number of amides is 1. The zero-order chi connectivity index (χ0) is 49.7. The van der Waals surface area contributed by atoms with Gasteiger partial charge in [-0.2, -0.15) is 8.62 Å². The molecule has 7 N–H and O–H groups in total. The van der Waals surface area contributed by atoms with Crippen LogP contribution in [0.1, 0.15) is 88.1 Å². The van der Waals surface area contributed by atoms with Crippen LogP contribution in [0.3, 0.4) is 0 Å². The predicted molar refractivity (Wildman–Crippen MR) is 246 cm³/mol. The Balaban J connectivity index is 0.914. The van der Waals surface area contributed by atoms with Gasteiger partial charge in [0.1, 0.15) is 48.2 Å². The van der Waals surface area contributed by atoms with Crippen LogP contribution in [-0.2, 0) is 52.9 Å². The van der Waals surface area contributed by atoms with Crippen LogP contribution >= 0.6 is 23.5 Å². The lowest BCUT2D eigenvalue weighted by molar-refractivity contribution is -0.120. The first-order valence-corrected chi connectivity index (χ1v) is 28.0. The van der Waals surface area contributed by atoms with Gasteiger partial charge in [0.05, 0.1) is 46.4 Å². The molecule has 2 aromatic carbocycles. The summed E-state index contributed by atoms with van der Waals surface area (Å²) in [5.41, 5.74) is 9.51. The molecule has 4 aliphatic rings. The molecule has 0 saturated carbocycles. The first kappa shape index (κ1) is 50.7. The predicted octanol–water partition coefficient (Wildman–Crippen LogP) is 3.11. The molecule has 0 bridgehead atoms. The van der Waals surface area contributed by atoms with E-state index in [1.54, 1.807) is 10.8 Å². The normalized spacial score (nSPS) is 21.3. The van der Waals surface area contributed by atoms with Crippen molar-refractivity contribution in [2.75, 3.05) is 49.2 Å². The van der Waals surface area contributed by atoms with Gasteiger partial charge in [0.15, 0.2) is 11.5 Å². The number of fused-ring (bicyclic) bond motifs is 5. The Bertz CT molecular complexity index is 3170. The molecular formula is C41H51N8O16P3S. The number of phosphoric acid groups is 3. The van der Waals surface area contributed by atoms with Crippen molar-refractivity contribution in [3.8, 4) is 23.3 Å². The number of nitrogens with one attached hydrogen (secondary N) is 1. The van der Waals surface area contributed by atoms with Gasteiger partial charge in [-0.05, 0) is 70.6 Å². The van der Waals surface area contributed by atoms with Crippen LogP contribution in [0.2, 0.25) is 0 Å². The van der Waals surface area contributed by atoms with Gasteiger partial charge in [-0.25, -0.2) is 41.6 Å². The highest BCUT2D eigenvalue weighted by Crippen LogP contribution is 2.66. The van der Waals surface area contributed by atoms with Crippen LogP contribution in [0.5, 0.6) is 11.5 Å². The first-order valence-electron chi connectivity index (χ1n) is 21.9. The van der Waals surface area contributed by atoms with E-state index < -0.39 is 69.7 Å². The fraction of sp³-hybridized carbons (Fsp3) is 0.488. The van der Waals surface area contributed by atoms with Crippen LogP contribution in [0, 0.1) is 11.8 Å². The van der Waals surface area contributed by atoms with Gasteiger partial charge in [-0.1, -0.05) is 11.8 Å². The van der Waals surface area contributed by atoms with Crippen molar-refractivity contribution in [3.05, 3.63) is 64.2 Å². The molecule has 2 aromatic heterocycles. The number of aryl methyl sites for hydroxylation is 1. The minimum atomic E-state index is -5.69. The van der Waals surface area contributed by atoms with E-state index in [2.05, 4.69) is 58.2 Å². The molecule has 0 spiro atoms. The minimum Gasteiger partial charge on any atom is -0.748 e. The van der Waals surface area contributed by atoms with Crippen molar-refractivity contribution in [1.29, 1.82) is 0 Å². The number of carbonyl (C=O) groups is 1. The molecule has 372 valence electrons. The van der Waals surface area contributed by atoms with E-state index in [1.165, 1.54) is 11.9 Å². The van der Waals surface area contributed by atoms with Gasteiger partial charge in [0.25, 0.3) is 0 Å². The molecule has 1 saturated heterocycles. The first-order chi connectivity index (χ1) is 32.4. The molecule has 0 radical (unpaired) electrons. The Labute approximate surface area is 395 Å². The van der Waals surface area contributed by atoms with Crippen molar-refractivity contribution in [3.63, 3.8) is 0 Å². The summed E-state index contributed by atoms with van der Waals surface area (Å²) in [4.78, 5) is 65.4. The third-order valence-corrected chi connectivity index (χ3v) is 16.8. The Kier molecular flexibility index (Phi) is 14.4. The van der Waals surface area contributed by atoms with E-state index in [1.807, 2.05) is 32.0 Å². The summed E-state index contributed by atoms with van der Waals surface area (Å²) in [7, 11) is -21.2. The minimum absolute atomic E-state index is 0.0290. The number of nitrogens with zero attached hydrogens (tertiary/aromatic N) is 6. The topological polar surface area (TPSA) is 340 Å². The van der Waals surface area contributed by atoms with Crippen molar-refractivity contribution in [2.45, 2.75) is 89.5 Å². The maximum absolute atomic E-state index is 13.2. The fourth-order valence-corrected chi connectivity index (χ4v) is 13.2. The van der Waals surface area contributed by atoms with E-state index in [0.29, 0.717) is 76.2 Å². The molecule has 28 heteroatoms. The lowest BCUT2D eigenvalue weighted by Gasteiger charge is -2.48. The van der Waals surface area contributed by atoms with Gasteiger partial charge in [-0.15, -0.1) is 0 Å². The standard InChI is InChI=1S/C41H51N8O16P3S/c1-4-47-14-6-9-25-16-30-34(18-32(25)47)63-35-19-33-29(17-31(35)46-30)27(23-69(58,59)60)20-41(2,3)49(33)15-7-10-36(50)43-13-5-8-26-21-48(40-38(26)39(42)44-24-45-40)37-12-11-28(62-37)22-61-67(54,55)65-68(56,57)64-66(51,52)53/h16-19,21,24,27-28,37H,4,6-7,9-15,20,22-23H2,1-3H3,(H7-,42,43,44,45,50,51,52,53,54,55,56,57,58,59,60)/t27?,28-,37+/m0/s1. The number of nitrogen functional groups attached to an aromatic ring is 1. The largest absolute Gasteiger partial charge is 0.748 e. The quantitative estimate of drug-likeness (QED) is 0.0358. The van der Waals surface area contributed by atoms with E-state index in [-0.39, 0.29) is 31.1 Å². The number of rotatable bonds is 16. The van der Waals surface area contributed by atoms with E-state index in [4.69, 9.17) is 34.5 Å². The Morgan fingerprint density at radius 3 is 2.61 bits per heavy atom. The highest BCUT2D eigenvalue weighted by Gasteiger charge is 2.42. The van der Waals surface area contributed by atoms with E-state index in [9.17, 15) is 41.2 Å². The van der Waals surface area contributed by atoms with Crippen LogP contribution in [-0.4, -0.2) is 103 Å². The van der Waals surface area contributed by atoms with E-state index in [0.717, 1.165) is 31.3 Å². The summed E-state index contributed by atoms with van der Waals surface area (Å²) in [5, 5.41) is 5.03. The molecule has 4 aromatic rings. The van der Waals surface area contributed by atoms with Crippen LogP contribution in [0.25, 0.3) is 11.0 Å². The molecule has 69 heavy (non-hydrogen) atoms. The van der Waals surface area contributed by atoms with Crippen molar-refractivity contribution in [1.82, 2.24) is 24.4 Å². The monoisotopic (exact) mass is 1040 g/mol. The number of anilines is 2. The molecule has 24 nitrogen and oxygen atoms in total. The third-order valence-electron chi connectivity index (χ3n) is 12.2. The van der Waals surface area contributed by atoms with Crippen LogP contribution in [0.4, 0.5) is 17.2 Å². The molecule has 0 aliphatic carbocycles. The average Bonchev–Trinajstić information content (AvgIpc) is 3.87. The second-order valence-corrected chi connectivity index (χ2v) is 23.4. The summed E-state index contributed by atoms with van der Waals surface area (Å²) in [6.45, 7) is 7.66. The number of aromatic nitrogens is 3. The molecule has 1 fully saturated rings. The summed E-state index contributed by atoms with van der Waals surface area (Å²) in [6.07, 6.45) is 4.80. The van der Waals surface area contributed by atoms with Crippen molar-refractivity contribution in [2.24, 2.45) is 4.99 Å².